The van der Waals surface area contributed by atoms with E-state index in [0.717, 1.165) is 19.0 Å². The minimum Gasteiger partial charge on any atom is -0.463 e. The smallest absolute Gasteiger partial charge is 0.307 e. The molecule has 0 aromatic carbocycles. The van der Waals surface area contributed by atoms with Crippen molar-refractivity contribution in [2.45, 2.75) is 52.1 Å². The van der Waals surface area contributed by atoms with E-state index >= 15 is 0 Å². The molecule has 0 atom stereocenters. The molecule has 0 unspecified atom stereocenters. The molecule has 5 heteroatoms. The molecule has 1 aliphatic heterocycles. The zero-order chi connectivity index (χ0) is 14.6. The maximum atomic E-state index is 11.5. The zero-order valence-corrected chi connectivity index (χ0v) is 12.9. The van der Waals surface area contributed by atoms with Gasteiger partial charge in [0.1, 0.15) is 0 Å². The number of carbonyl (C=O) groups excluding carboxylic acids is 1. The molecule has 2 fully saturated rings. The van der Waals surface area contributed by atoms with Crippen molar-refractivity contribution in [1.29, 1.82) is 0 Å². The van der Waals surface area contributed by atoms with Crippen LogP contribution in [0.25, 0.3) is 0 Å². The fraction of sp³-hybridized carbons (Fsp3) is 0.867. The number of hydrogen-bond acceptors (Lipinski definition) is 3. The highest BCUT2D eigenvalue weighted by atomic mass is 16.5. The van der Waals surface area contributed by atoms with E-state index < -0.39 is 0 Å². The molecule has 0 aromatic heterocycles. The van der Waals surface area contributed by atoms with Crippen LogP contribution in [0.2, 0.25) is 0 Å². The van der Waals surface area contributed by atoms with Crippen LogP contribution in [0.3, 0.4) is 0 Å². The van der Waals surface area contributed by atoms with Crippen LogP contribution < -0.4 is 5.32 Å². The summed E-state index contributed by atoms with van der Waals surface area (Å²) in [6, 6.07) is 0. The van der Waals surface area contributed by atoms with Gasteiger partial charge < -0.3 is 15.0 Å². The van der Waals surface area contributed by atoms with Crippen LogP contribution in [0.5, 0.6) is 0 Å². The highest BCUT2D eigenvalue weighted by Gasteiger charge is 2.43. The van der Waals surface area contributed by atoms with Gasteiger partial charge in [-0.2, -0.15) is 0 Å². The summed E-state index contributed by atoms with van der Waals surface area (Å²) in [5.41, 5.74) is 0.564. The standard InChI is InChI=1S/C15H27N3O2/c1-12(2)20-13(19)5-9-17-14(16-3)18-10-8-15(11-18)6-4-7-15/h12H,4-11H2,1-3H3,(H,16,17). The number of rotatable bonds is 4. The molecule has 0 radical (unpaired) electrons. The molecule has 0 bridgehead atoms. The summed E-state index contributed by atoms with van der Waals surface area (Å²) in [6.07, 6.45) is 5.72. The lowest BCUT2D eigenvalue weighted by Gasteiger charge is -2.38. The van der Waals surface area contributed by atoms with Crippen LogP contribution in [-0.4, -0.2) is 49.6 Å². The molecule has 5 nitrogen and oxygen atoms in total. The van der Waals surface area contributed by atoms with Gasteiger partial charge in [0.25, 0.3) is 0 Å². The number of guanidine groups is 1. The molecule has 1 heterocycles. The molecule has 0 amide bonds. The third-order valence-corrected chi connectivity index (χ3v) is 4.34. The van der Waals surface area contributed by atoms with Gasteiger partial charge in [0.05, 0.1) is 12.5 Å². The lowest BCUT2D eigenvalue weighted by Crippen LogP contribution is -2.43. The maximum absolute atomic E-state index is 11.5. The van der Waals surface area contributed by atoms with Gasteiger partial charge in [0.2, 0.25) is 0 Å². The Morgan fingerprint density at radius 2 is 2.15 bits per heavy atom. The van der Waals surface area contributed by atoms with Gasteiger partial charge >= 0.3 is 5.97 Å². The molecule has 2 aliphatic rings. The Bertz CT molecular complexity index is 375. The van der Waals surface area contributed by atoms with E-state index in [1.165, 1.54) is 25.7 Å². The summed E-state index contributed by atoms with van der Waals surface area (Å²) in [6.45, 7) is 6.51. The maximum Gasteiger partial charge on any atom is 0.307 e. The quantitative estimate of drug-likeness (QED) is 0.485. The molecule has 1 N–H and O–H groups in total. The van der Waals surface area contributed by atoms with Gasteiger partial charge in [-0.3, -0.25) is 9.79 Å². The molecule has 0 aromatic rings. The second kappa shape index (κ2) is 6.46. The molecule has 2 rings (SSSR count). The van der Waals surface area contributed by atoms with Gasteiger partial charge in [0, 0.05) is 26.7 Å². The SMILES string of the molecule is CN=C(NCCC(=O)OC(C)C)N1CCC2(CCC2)C1. The van der Waals surface area contributed by atoms with Crippen molar-refractivity contribution in [3.63, 3.8) is 0 Å². The molecular formula is C15H27N3O2. The Labute approximate surface area is 121 Å². The second-order valence-electron chi connectivity index (χ2n) is 6.29. The van der Waals surface area contributed by atoms with Crippen molar-refractivity contribution >= 4 is 11.9 Å². The Morgan fingerprint density at radius 1 is 1.40 bits per heavy atom. The van der Waals surface area contributed by atoms with Crippen LogP contribution in [-0.2, 0) is 9.53 Å². The number of hydrogen-bond donors (Lipinski definition) is 1. The van der Waals surface area contributed by atoms with Crippen molar-refractivity contribution in [2.75, 3.05) is 26.7 Å². The first-order chi connectivity index (χ1) is 9.54. The van der Waals surface area contributed by atoms with Gasteiger partial charge in [-0.05, 0) is 38.5 Å². The van der Waals surface area contributed by atoms with E-state index in [1.54, 1.807) is 7.05 Å². The van der Waals surface area contributed by atoms with Gasteiger partial charge in [-0.25, -0.2) is 0 Å². The van der Waals surface area contributed by atoms with Gasteiger partial charge in [-0.1, -0.05) is 6.42 Å². The normalized spacial score (nSPS) is 21.2. The number of nitrogens with one attached hydrogen (secondary N) is 1. The third-order valence-electron chi connectivity index (χ3n) is 4.34. The minimum absolute atomic E-state index is 0.0427. The van der Waals surface area contributed by atoms with Crippen LogP contribution in [0.1, 0.15) is 46.0 Å². The largest absolute Gasteiger partial charge is 0.463 e. The fourth-order valence-corrected chi connectivity index (χ4v) is 3.13. The summed E-state index contributed by atoms with van der Waals surface area (Å²) in [7, 11) is 1.81. The van der Waals surface area contributed by atoms with E-state index in [1.807, 2.05) is 13.8 Å². The molecule has 1 saturated carbocycles. The van der Waals surface area contributed by atoms with Crippen molar-refractivity contribution in [3.8, 4) is 0 Å². The number of esters is 1. The molecule has 20 heavy (non-hydrogen) atoms. The number of likely N-dealkylation sites (tertiary alicyclic amines) is 1. The number of nitrogens with zero attached hydrogens (tertiary/aromatic N) is 2. The topological polar surface area (TPSA) is 53.9 Å². The van der Waals surface area contributed by atoms with Gasteiger partial charge in [0.15, 0.2) is 5.96 Å². The summed E-state index contributed by atoms with van der Waals surface area (Å²) in [4.78, 5) is 18.1. The van der Waals surface area contributed by atoms with E-state index in [0.29, 0.717) is 18.4 Å². The molecule has 1 aliphatic carbocycles. The Morgan fingerprint density at radius 3 is 2.65 bits per heavy atom. The second-order valence-corrected chi connectivity index (χ2v) is 6.29. The van der Waals surface area contributed by atoms with E-state index in [-0.39, 0.29) is 12.1 Å². The van der Waals surface area contributed by atoms with Gasteiger partial charge in [-0.15, -0.1) is 0 Å². The average Bonchev–Trinajstić information content (AvgIpc) is 2.78. The predicted octanol–water partition coefficient (Wildman–Crippen LogP) is 1.78. The van der Waals surface area contributed by atoms with Crippen molar-refractivity contribution in [3.05, 3.63) is 0 Å². The van der Waals surface area contributed by atoms with Crippen molar-refractivity contribution < 1.29 is 9.53 Å². The van der Waals surface area contributed by atoms with E-state index in [2.05, 4.69) is 15.2 Å². The molecular weight excluding hydrogens is 254 g/mol. The minimum atomic E-state index is -0.153. The van der Waals surface area contributed by atoms with E-state index in [4.69, 9.17) is 4.74 Å². The Hall–Kier alpha value is -1.26. The molecule has 114 valence electrons. The first-order valence-electron chi connectivity index (χ1n) is 7.70. The number of aliphatic imine (C=N–C) groups is 1. The summed E-state index contributed by atoms with van der Waals surface area (Å²) in [5.74, 6) is 0.769. The first kappa shape index (κ1) is 15.1. The monoisotopic (exact) mass is 281 g/mol. The van der Waals surface area contributed by atoms with Crippen LogP contribution in [0.4, 0.5) is 0 Å². The zero-order valence-electron chi connectivity index (χ0n) is 12.9. The molecule has 1 saturated heterocycles. The number of carbonyl (C=O) groups is 1. The Kier molecular flexibility index (Phi) is 4.89. The fourth-order valence-electron chi connectivity index (χ4n) is 3.13. The Balaban J connectivity index is 1.72. The average molecular weight is 281 g/mol. The predicted molar refractivity (Wildman–Crippen MR) is 79.7 cm³/mol. The summed E-state index contributed by atoms with van der Waals surface area (Å²) in [5, 5.41) is 3.28. The van der Waals surface area contributed by atoms with Crippen molar-refractivity contribution in [2.24, 2.45) is 10.4 Å². The number of ether oxygens (including phenoxy) is 1. The van der Waals surface area contributed by atoms with Crippen molar-refractivity contribution in [1.82, 2.24) is 10.2 Å². The van der Waals surface area contributed by atoms with Crippen LogP contribution in [0, 0.1) is 5.41 Å². The van der Waals surface area contributed by atoms with E-state index in [9.17, 15) is 4.79 Å². The first-order valence-corrected chi connectivity index (χ1v) is 7.70. The summed E-state index contributed by atoms with van der Waals surface area (Å²) < 4.78 is 5.12. The van der Waals surface area contributed by atoms with Crippen LogP contribution in [0.15, 0.2) is 4.99 Å². The molecule has 1 spiro atoms. The third kappa shape index (κ3) is 3.64. The lowest BCUT2D eigenvalue weighted by atomic mass is 9.68. The highest BCUT2D eigenvalue weighted by Crippen LogP contribution is 2.47. The van der Waals surface area contributed by atoms with Crippen LogP contribution >= 0.6 is 0 Å². The lowest BCUT2D eigenvalue weighted by molar-refractivity contribution is -0.147. The highest BCUT2D eigenvalue weighted by molar-refractivity contribution is 5.81. The summed E-state index contributed by atoms with van der Waals surface area (Å²) >= 11 is 0.